The molecule has 2 heterocycles. The molecule has 4 rings (SSSR count). The van der Waals surface area contributed by atoms with Crippen LogP contribution in [0.4, 0.5) is 10.2 Å². The number of nitrogens with one attached hydrogen (secondary N) is 1. The fraction of sp³-hybridized carbons (Fsp3) is 0.261. The molecule has 31 heavy (non-hydrogen) atoms. The van der Waals surface area contributed by atoms with Gasteiger partial charge in [-0.15, -0.1) is 5.10 Å². The quantitative estimate of drug-likeness (QED) is 0.468. The van der Waals surface area contributed by atoms with Gasteiger partial charge in [-0.25, -0.2) is 9.07 Å². The fourth-order valence-corrected chi connectivity index (χ4v) is 3.76. The van der Waals surface area contributed by atoms with Crippen molar-refractivity contribution >= 4 is 16.7 Å². The van der Waals surface area contributed by atoms with Crippen molar-refractivity contribution in [2.45, 2.75) is 26.4 Å². The maximum Gasteiger partial charge on any atom is 0.176 e. The van der Waals surface area contributed by atoms with Crippen molar-refractivity contribution in [2.75, 3.05) is 18.9 Å². The lowest BCUT2D eigenvalue weighted by atomic mass is 10.1. The zero-order valence-electron chi connectivity index (χ0n) is 17.8. The number of aromatic nitrogens is 4. The van der Waals surface area contributed by atoms with Gasteiger partial charge in [0.1, 0.15) is 23.2 Å². The maximum absolute atomic E-state index is 14.3. The van der Waals surface area contributed by atoms with Crippen molar-refractivity contribution in [2.24, 2.45) is 5.73 Å². The van der Waals surface area contributed by atoms with Crippen molar-refractivity contribution in [1.29, 1.82) is 0 Å². The SMILES string of the molecule is CNc1nnc(C)c2c(C)n(-c3cccc(OC(CCN)c4ccccc4F)c3)nc12. The lowest BCUT2D eigenvalue weighted by Crippen LogP contribution is -2.14. The van der Waals surface area contributed by atoms with E-state index in [1.165, 1.54) is 6.07 Å². The van der Waals surface area contributed by atoms with E-state index in [4.69, 9.17) is 15.6 Å². The molecule has 0 fully saturated rings. The number of ether oxygens (including phenoxy) is 1. The predicted octanol–water partition coefficient (Wildman–Crippen LogP) is 4.08. The van der Waals surface area contributed by atoms with Gasteiger partial charge in [0.05, 0.1) is 22.5 Å². The van der Waals surface area contributed by atoms with Crippen LogP contribution in [0.3, 0.4) is 0 Å². The van der Waals surface area contributed by atoms with Crippen LogP contribution in [0.15, 0.2) is 48.5 Å². The van der Waals surface area contributed by atoms with Gasteiger partial charge in [-0.1, -0.05) is 24.3 Å². The Balaban J connectivity index is 1.73. The average molecular weight is 420 g/mol. The van der Waals surface area contributed by atoms with E-state index in [-0.39, 0.29) is 5.82 Å². The summed E-state index contributed by atoms with van der Waals surface area (Å²) in [6, 6.07) is 14.2. The molecule has 0 radical (unpaired) electrons. The first-order chi connectivity index (χ1) is 15.0. The number of hydrogen-bond donors (Lipinski definition) is 2. The zero-order valence-corrected chi connectivity index (χ0v) is 17.8. The molecule has 0 saturated carbocycles. The Morgan fingerprint density at radius 1 is 1.13 bits per heavy atom. The molecular formula is C23H25FN6O. The third-order valence-corrected chi connectivity index (χ3v) is 5.26. The molecule has 8 heteroatoms. The summed E-state index contributed by atoms with van der Waals surface area (Å²) in [5, 5.41) is 17.2. The summed E-state index contributed by atoms with van der Waals surface area (Å²) in [5.41, 5.74) is 9.60. The van der Waals surface area contributed by atoms with Crippen molar-refractivity contribution in [3.8, 4) is 11.4 Å². The van der Waals surface area contributed by atoms with E-state index in [2.05, 4.69) is 15.5 Å². The number of benzene rings is 2. The van der Waals surface area contributed by atoms with Crippen LogP contribution < -0.4 is 15.8 Å². The first-order valence-corrected chi connectivity index (χ1v) is 10.2. The topological polar surface area (TPSA) is 90.9 Å². The van der Waals surface area contributed by atoms with E-state index in [1.807, 2.05) is 42.8 Å². The summed E-state index contributed by atoms with van der Waals surface area (Å²) in [4.78, 5) is 0. The third-order valence-electron chi connectivity index (χ3n) is 5.26. The molecule has 0 spiro atoms. The Morgan fingerprint density at radius 2 is 1.94 bits per heavy atom. The minimum Gasteiger partial charge on any atom is -0.486 e. The Kier molecular flexibility index (Phi) is 5.81. The molecule has 0 saturated heterocycles. The highest BCUT2D eigenvalue weighted by molar-refractivity contribution is 5.91. The van der Waals surface area contributed by atoms with Crippen LogP contribution in [0.1, 0.15) is 29.5 Å². The molecule has 2 aromatic carbocycles. The van der Waals surface area contributed by atoms with Crippen LogP contribution in [0.2, 0.25) is 0 Å². The summed E-state index contributed by atoms with van der Waals surface area (Å²) in [5.74, 6) is 0.929. The molecular weight excluding hydrogens is 395 g/mol. The van der Waals surface area contributed by atoms with Crippen LogP contribution in [0.25, 0.3) is 16.6 Å². The molecule has 3 N–H and O–H groups in total. The van der Waals surface area contributed by atoms with Crippen molar-refractivity contribution in [3.05, 3.63) is 71.3 Å². The maximum atomic E-state index is 14.3. The van der Waals surface area contributed by atoms with Gasteiger partial charge in [-0.05, 0) is 38.6 Å². The van der Waals surface area contributed by atoms with Gasteiger partial charge in [-0.3, -0.25) is 0 Å². The first kappa shape index (κ1) is 20.7. The summed E-state index contributed by atoms with van der Waals surface area (Å²) in [6.07, 6.45) is 0.0172. The van der Waals surface area contributed by atoms with Crippen LogP contribution in [0.5, 0.6) is 5.75 Å². The largest absolute Gasteiger partial charge is 0.486 e. The lowest BCUT2D eigenvalue weighted by molar-refractivity contribution is 0.193. The molecule has 0 aliphatic heterocycles. The van der Waals surface area contributed by atoms with Crippen LogP contribution >= 0.6 is 0 Å². The van der Waals surface area contributed by atoms with Gasteiger partial charge in [0.25, 0.3) is 0 Å². The van der Waals surface area contributed by atoms with Crippen LogP contribution in [-0.2, 0) is 0 Å². The second kappa shape index (κ2) is 8.69. The summed E-state index contributed by atoms with van der Waals surface area (Å²) in [6.45, 7) is 4.29. The highest BCUT2D eigenvalue weighted by atomic mass is 19.1. The molecule has 0 aliphatic rings. The van der Waals surface area contributed by atoms with Gasteiger partial charge in [0, 0.05) is 25.1 Å². The van der Waals surface area contributed by atoms with E-state index in [1.54, 1.807) is 25.2 Å². The summed E-state index contributed by atoms with van der Waals surface area (Å²) < 4.78 is 22.3. The highest BCUT2D eigenvalue weighted by Gasteiger charge is 2.19. The normalized spacial score (nSPS) is 12.2. The monoisotopic (exact) mass is 420 g/mol. The predicted molar refractivity (Wildman–Crippen MR) is 119 cm³/mol. The first-order valence-electron chi connectivity index (χ1n) is 10.2. The van der Waals surface area contributed by atoms with Crippen molar-refractivity contribution in [1.82, 2.24) is 20.0 Å². The van der Waals surface area contributed by atoms with Crippen LogP contribution in [0, 0.1) is 19.7 Å². The molecule has 2 aromatic heterocycles. The minimum absolute atomic E-state index is 0.304. The van der Waals surface area contributed by atoms with Gasteiger partial charge in [-0.2, -0.15) is 10.2 Å². The number of fused-ring (bicyclic) bond motifs is 1. The molecule has 0 bridgehead atoms. The molecule has 4 aromatic rings. The molecule has 1 atom stereocenters. The van der Waals surface area contributed by atoms with Gasteiger partial charge >= 0.3 is 0 Å². The molecule has 0 amide bonds. The average Bonchev–Trinajstić information content (AvgIpc) is 3.12. The Bertz CT molecular complexity index is 1220. The number of nitrogens with two attached hydrogens (primary N) is 1. The van der Waals surface area contributed by atoms with Gasteiger partial charge in [0.2, 0.25) is 0 Å². The zero-order chi connectivity index (χ0) is 22.0. The van der Waals surface area contributed by atoms with E-state index < -0.39 is 6.10 Å². The van der Waals surface area contributed by atoms with Crippen LogP contribution in [-0.4, -0.2) is 33.6 Å². The van der Waals surface area contributed by atoms with Gasteiger partial charge < -0.3 is 15.8 Å². The molecule has 0 aliphatic carbocycles. The number of halogens is 1. The Hall–Kier alpha value is -3.52. The Labute approximate surface area is 180 Å². The van der Waals surface area contributed by atoms with E-state index in [0.29, 0.717) is 30.1 Å². The molecule has 1 unspecified atom stereocenters. The number of aryl methyl sites for hydroxylation is 2. The number of hydrogen-bond acceptors (Lipinski definition) is 6. The number of anilines is 1. The van der Waals surface area contributed by atoms with E-state index >= 15 is 0 Å². The van der Waals surface area contributed by atoms with Crippen molar-refractivity contribution in [3.63, 3.8) is 0 Å². The standard InChI is InChI=1S/C23H25FN6O/c1-14-21-15(2)30(29-22(21)23(26-3)28-27-14)16-7-6-8-17(13-16)31-20(11-12-25)18-9-4-5-10-19(18)24/h4-10,13,20H,11-12,25H2,1-3H3,(H,26,28). The second-order valence-electron chi connectivity index (χ2n) is 7.31. The number of rotatable bonds is 7. The summed E-state index contributed by atoms with van der Waals surface area (Å²) >= 11 is 0. The van der Waals surface area contributed by atoms with Crippen molar-refractivity contribution < 1.29 is 9.13 Å². The molecule has 160 valence electrons. The number of nitrogens with zero attached hydrogens (tertiary/aromatic N) is 4. The Morgan fingerprint density at radius 3 is 2.68 bits per heavy atom. The highest BCUT2D eigenvalue weighted by Crippen LogP contribution is 2.30. The fourth-order valence-electron chi connectivity index (χ4n) is 3.76. The summed E-state index contributed by atoms with van der Waals surface area (Å²) in [7, 11) is 1.79. The van der Waals surface area contributed by atoms with E-state index in [0.717, 1.165) is 28.0 Å². The van der Waals surface area contributed by atoms with Gasteiger partial charge in [0.15, 0.2) is 5.82 Å². The van der Waals surface area contributed by atoms with E-state index in [9.17, 15) is 4.39 Å². The smallest absolute Gasteiger partial charge is 0.176 e. The third kappa shape index (κ3) is 3.94. The lowest BCUT2D eigenvalue weighted by Gasteiger charge is -2.20. The molecule has 7 nitrogen and oxygen atoms in total. The minimum atomic E-state index is -0.481. The second-order valence-corrected chi connectivity index (χ2v) is 7.31.